The molecular formula is C12H16N2O4. The van der Waals surface area contributed by atoms with Gasteiger partial charge in [0.05, 0.1) is 26.2 Å². The Morgan fingerprint density at radius 3 is 2.67 bits per heavy atom. The molecule has 1 rings (SSSR count). The Balaban J connectivity index is 2.66. The second-order valence-corrected chi connectivity index (χ2v) is 3.54. The van der Waals surface area contributed by atoms with E-state index in [0.29, 0.717) is 17.0 Å². The number of rotatable bonds is 5. The maximum Gasteiger partial charge on any atom is 0.307 e. The highest BCUT2D eigenvalue weighted by Crippen LogP contribution is 2.20. The molecule has 0 radical (unpaired) electrons. The number of benzene rings is 1. The van der Waals surface area contributed by atoms with E-state index in [4.69, 9.17) is 10.5 Å². The van der Waals surface area contributed by atoms with E-state index in [1.165, 1.54) is 20.3 Å². The number of methoxy groups -OCH3 is 2. The first-order chi connectivity index (χ1) is 8.58. The van der Waals surface area contributed by atoms with Gasteiger partial charge in [0.2, 0.25) is 0 Å². The van der Waals surface area contributed by atoms with Gasteiger partial charge in [0.25, 0.3) is 5.91 Å². The quantitative estimate of drug-likeness (QED) is 0.590. The largest absolute Gasteiger partial charge is 0.496 e. The number of carbonyl (C=O) groups excluding carboxylic acids is 2. The van der Waals surface area contributed by atoms with Gasteiger partial charge in [-0.15, -0.1) is 0 Å². The van der Waals surface area contributed by atoms with Crippen molar-refractivity contribution >= 4 is 17.6 Å². The van der Waals surface area contributed by atoms with Crippen LogP contribution in [0.5, 0.6) is 5.75 Å². The Hall–Kier alpha value is -2.24. The number of nitrogen functional groups attached to an aromatic ring is 1. The van der Waals surface area contributed by atoms with Crippen molar-refractivity contribution in [3.8, 4) is 5.75 Å². The molecular weight excluding hydrogens is 236 g/mol. The van der Waals surface area contributed by atoms with Crippen LogP contribution < -0.4 is 15.8 Å². The average molecular weight is 252 g/mol. The molecule has 0 spiro atoms. The highest BCUT2D eigenvalue weighted by molar-refractivity contribution is 5.97. The van der Waals surface area contributed by atoms with E-state index in [2.05, 4.69) is 10.1 Å². The van der Waals surface area contributed by atoms with Crippen LogP contribution in [-0.4, -0.2) is 32.6 Å². The molecule has 6 nitrogen and oxygen atoms in total. The Morgan fingerprint density at radius 2 is 2.06 bits per heavy atom. The summed E-state index contributed by atoms with van der Waals surface area (Å²) in [5, 5.41) is 2.59. The number of anilines is 1. The van der Waals surface area contributed by atoms with E-state index < -0.39 is 0 Å². The third-order valence-electron chi connectivity index (χ3n) is 2.31. The van der Waals surface area contributed by atoms with Gasteiger partial charge in [0.15, 0.2) is 0 Å². The topological polar surface area (TPSA) is 90.7 Å². The predicted octanol–water partition coefficient (Wildman–Crippen LogP) is 0.570. The van der Waals surface area contributed by atoms with Gasteiger partial charge in [-0.05, 0) is 18.2 Å². The lowest BCUT2D eigenvalue weighted by Gasteiger charge is -2.09. The summed E-state index contributed by atoms with van der Waals surface area (Å²) >= 11 is 0. The fraction of sp³-hybridized carbons (Fsp3) is 0.333. The first-order valence-corrected chi connectivity index (χ1v) is 5.37. The molecule has 0 aliphatic rings. The van der Waals surface area contributed by atoms with Crippen LogP contribution in [-0.2, 0) is 9.53 Å². The van der Waals surface area contributed by atoms with Crippen LogP contribution in [0.15, 0.2) is 18.2 Å². The standard InChI is InChI=1S/C12H16N2O4/c1-17-10-4-3-8(13)7-9(10)12(16)14-6-5-11(15)18-2/h3-4,7H,5-6,13H2,1-2H3,(H,14,16). The molecule has 0 aliphatic carbocycles. The molecule has 0 fully saturated rings. The maximum atomic E-state index is 11.8. The maximum absolute atomic E-state index is 11.8. The molecule has 0 unspecified atom stereocenters. The predicted molar refractivity (Wildman–Crippen MR) is 66.4 cm³/mol. The Kier molecular flexibility index (Phi) is 4.98. The molecule has 3 N–H and O–H groups in total. The van der Waals surface area contributed by atoms with E-state index >= 15 is 0 Å². The fourth-order valence-corrected chi connectivity index (χ4v) is 1.38. The van der Waals surface area contributed by atoms with Crippen molar-refractivity contribution in [2.75, 3.05) is 26.5 Å². The number of esters is 1. The summed E-state index contributed by atoms with van der Waals surface area (Å²) in [6.07, 6.45) is 0.118. The number of amides is 1. The second-order valence-electron chi connectivity index (χ2n) is 3.54. The smallest absolute Gasteiger partial charge is 0.307 e. The van der Waals surface area contributed by atoms with Crippen molar-refractivity contribution in [3.05, 3.63) is 23.8 Å². The van der Waals surface area contributed by atoms with E-state index in [0.717, 1.165) is 0 Å². The molecule has 1 amide bonds. The normalized spacial score (nSPS) is 9.67. The van der Waals surface area contributed by atoms with Crippen molar-refractivity contribution in [2.24, 2.45) is 0 Å². The highest BCUT2D eigenvalue weighted by atomic mass is 16.5. The minimum atomic E-state index is -0.380. The number of nitrogens with two attached hydrogens (primary N) is 1. The first-order valence-electron chi connectivity index (χ1n) is 5.37. The zero-order chi connectivity index (χ0) is 13.5. The van der Waals surface area contributed by atoms with Gasteiger partial charge in [-0.2, -0.15) is 0 Å². The van der Waals surface area contributed by atoms with Gasteiger partial charge in [-0.3, -0.25) is 9.59 Å². The number of carbonyl (C=O) groups is 2. The van der Waals surface area contributed by atoms with Crippen molar-refractivity contribution in [1.82, 2.24) is 5.32 Å². The van der Waals surface area contributed by atoms with Crippen molar-refractivity contribution in [3.63, 3.8) is 0 Å². The Bertz CT molecular complexity index is 446. The Labute approximate surface area is 105 Å². The van der Waals surface area contributed by atoms with Crippen LogP contribution in [0, 0.1) is 0 Å². The minimum absolute atomic E-state index is 0.118. The van der Waals surface area contributed by atoms with Gasteiger partial charge in [0.1, 0.15) is 5.75 Å². The number of hydrogen-bond acceptors (Lipinski definition) is 5. The summed E-state index contributed by atoms with van der Waals surface area (Å²) in [6.45, 7) is 0.198. The first kappa shape index (κ1) is 13.8. The minimum Gasteiger partial charge on any atom is -0.496 e. The van der Waals surface area contributed by atoms with Gasteiger partial charge >= 0.3 is 5.97 Å². The summed E-state index contributed by atoms with van der Waals surface area (Å²) in [5.74, 6) is -0.294. The molecule has 0 heterocycles. The van der Waals surface area contributed by atoms with Gasteiger partial charge < -0.3 is 20.5 Å². The molecule has 1 aromatic carbocycles. The van der Waals surface area contributed by atoms with Crippen LogP contribution in [0.2, 0.25) is 0 Å². The molecule has 0 aromatic heterocycles. The summed E-state index contributed by atoms with van der Waals surface area (Å²) < 4.78 is 9.53. The van der Waals surface area contributed by atoms with Crippen molar-refractivity contribution < 1.29 is 19.1 Å². The number of ether oxygens (including phenoxy) is 2. The lowest BCUT2D eigenvalue weighted by Crippen LogP contribution is -2.26. The molecule has 6 heteroatoms. The van der Waals surface area contributed by atoms with Crippen LogP contribution in [0.3, 0.4) is 0 Å². The number of hydrogen-bond donors (Lipinski definition) is 2. The molecule has 0 atom stereocenters. The Morgan fingerprint density at radius 1 is 1.33 bits per heavy atom. The van der Waals surface area contributed by atoms with E-state index in [-0.39, 0.29) is 24.8 Å². The summed E-state index contributed by atoms with van der Waals surface area (Å²) in [4.78, 5) is 22.7. The summed E-state index contributed by atoms with van der Waals surface area (Å²) in [7, 11) is 2.77. The van der Waals surface area contributed by atoms with Crippen LogP contribution in [0.1, 0.15) is 16.8 Å². The summed E-state index contributed by atoms with van der Waals surface area (Å²) in [6, 6.07) is 4.78. The highest BCUT2D eigenvalue weighted by Gasteiger charge is 2.12. The average Bonchev–Trinajstić information content (AvgIpc) is 2.38. The third kappa shape index (κ3) is 3.65. The van der Waals surface area contributed by atoms with Crippen LogP contribution in [0.4, 0.5) is 5.69 Å². The molecule has 1 aromatic rings. The molecule has 0 bridgehead atoms. The van der Waals surface area contributed by atoms with Crippen LogP contribution in [0.25, 0.3) is 0 Å². The van der Waals surface area contributed by atoms with E-state index in [9.17, 15) is 9.59 Å². The molecule has 0 saturated carbocycles. The van der Waals surface area contributed by atoms with E-state index in [1.54, 1.807) is 12.1 Å². The molecule has 0 saturated heterocycles. The van der Waals surface area contributed by atoms with Crippen LogP contribution >= 0.6 is 0 Å². The zero-order valence-corrected chi connectivity index (χ0v) is 10.4. The molecule has 98 valence electrons. The lowest BCUT2D eigenvalue weighted by molar-refractivity contribution is -0.140. The van der Waals surface area contributed by atoms with Crippen molar-refractivity contribution in [1.29, 1.82) is 0 Å². The molecule has 18 heavy (non-hydrogen) atoms. The number of nitrogens with one attached hydrogen (secondary N) is 1. The van der Waals surface area contributed by atoms with Gasteiger partial charge in [-0.25, -0.2) is 0 Å². The fourth-order valence-electron chi connectivity index (χ4n) is 1.38. The lowest BCUT2D eigenvalue weighted by atomic mass is 10.1. The monoisotopic (exact) mass is 252 g/mol. The summed E-state index contributed by atoms with van der Waals surface area (Å²) in [5.41, 5.74) is 6.41. The SMILES string of the molecule is COC(=O)CCNC(=O)c1cc(N)ccc1OC. The van der Waals surface area contributed by atoms with Gasteiger partial charge in [-0.1, -0.05) is 0 Å². The second kappa shape index (κ2) is 6.48. The zero-order valence-electron chi connectivity index (χ0n) is 10.4. The van der Waals surface area contributed by atoms with Gasteiger partial charge in [0, 0.05) is 12.2 Å². The molecule has 0 aliphatic heterocycles. The van der Waals surface area contributed by atoms with E-state index in [1.807, 2.05) is 0 Å². The van der Waals surface area contributed by atoms with Crippen molar-refractivity contribution in [2.45, 2.75) is 6.42 Å². The third-order valence-corrected chi connectivity index (χ3v) is 2.31.